The number of nitrogens with zero attached hydrogens (tertiary/aromatic N) is 2. The fourth-order valence-electron chi connectivity index (χ4n) is 2.28. The summed E-state index contributed by atoms with van der Waals surface area (Å²) in [4.78, 5) is 24.4. The first-order valence-corrected chi connectivity index (χ1v) is 6.98. The molecule has 1 heterocycles. The molecule has 0 saturated heterocycles. The van der Waals surface area contributed by atoms with Crippen molar-refractivity contribution in [2.45, 2.75) is 6.54 Å². The van der Waals surface area contributed by atoms with Crippen molar-refractivity contribution in [3.05, 3.63) is 98.6 Å². The minimum absolute atomic E-state index is 0.0223. The second kappa shape index (κ2) is 6.19. The Labute approximate surface area is 134 Å². The fourth-order valence-corrected chi connectivity index (χ4v) is 2.28. The van der Waals surface area contributed by atoms with Crippen molar-refractivity contribution >= 4 is 0 Å². The summed E-state index contributed by atoms with van der Waals surface area (Å²) in [7, 11) is 0. The number of aromatic nitrogens is 2. The first-order chi connectivity index (χ1) is 11.5. The van der Waals surface area contributed by atoms with E-state index < -0.39 is 28.6 Å². The van der Waals surface area contributed by atoms with Gasteiger partial charge in [-0.15, -0.1) is 0 Å². The lowest BCUT2D eigenvalue weighted by Gasteiger charge is -2.10. The molecule has 24 heavy (non-hydrogen) atoms. The number of benzene rings is 2. The predicted molar refractivity (Wildman–Crippen MR) is 81.7 cm³/mol. The third-order valence-corrected chi connectivity index (χ3v) is 3.54. The van der Waals surface area contributed by atoms with Gasteiger partial charge in [0.15, 0.2) is 11.6 Å². The minimum atomic E-state index is -1.13. The van der Waals surface area contributed by atoms with E-state index >= 15 is 0 Å². The van der Waals surface area contributed by atoms with Gasteiger partial charge in [-0.3, -0.25) is 14.2 Å². The number of rotatable bonds is 3. The molecular weight excluding hydrogens is 321 g/mol. The zero-order chi connectivity index (χ0) is 17.3. The normalized spacial score (nSPS) is 10.8. The van der Waals surface area contributed by atoms with Crippen molar-refractivity contribution < 1.29 is 13.2 Å². The van der Waals surface area contributed by atoms with Crippen LogP contribution in [0.15, 0.2) is 64.4 Å². The largest absolute Gasteiger partial charge is 0.320 e. The number of hydrogen-bond donors (Lipinski definition) is 0. The van der Waals surface area contributed by atoms with Gasteiger partial charge in [-0.05, 0) is 18.2 Å². The first-order valence-electron chi connectivity index (χ1n) is 6.98. The van der Waals surface area contributed by atoms with Crippen LogP contribution in [-0.2, 0) is 6.54 Å². The minimum Gasteiger partial charge on any atom is -0.305 e. The maximum atomic E-state index is 13.7. The summed E-state index contributed by atoms with van der Waals surface area (Å²) in [5.74, 6) is -2.68. The summed E-state index contributed by atoms with van der Waals surface area (Å²) in [5.41, 5.74) is -1.57. The van der Waals surface area contributed by atoms with Crippen LogP contribution in [0, 0.1) is 17.5 Å². The molecule has 0 atom stereocenters. The van der Waals surface area contributed by atoms with Crippen LogP contribution in [-0.4, -0.2) is 9.13 Å². The topological polar surface area (TPSA) is 44.0 Å². The molecule has 0 spiro atoms. The molecule has 0 unspecified atom stereocenters. The Balaban J connectivity index is 2.03. The summed E-state index contributed by atoms with van der Waals surface area (Å²) in [6.45, 7) is -0.112. The SMILES string of the molecule is O=c1c(=O)n(-c2ccc(F)c(F)c2)ccn1Cc1ccccc1F. The van der Waals surface area contributed by atoms with Gasteiger partial charge in [-0.25, -0.2) is 13.2 Å². The lowest BCUT2D eigenvalue weighted by molar-refractivity contribution is 0.507. The van der Waals surface area contributed by atoms with Crippen LogP contribution in [0.5, 0.6) is 0 Å². The van der Waals surface area contributed by atoms with Crippen molar-refractivity contribution in [2.75, 3.05) is 0 Å². The van der Waals surface area contributed by atoms with Gasteiger partial charge in [0.05, 0.1) is 12.2 Å². The van der Waals surface area contributed by atoms with Crippen molar-refractivity contribution in [3.8, 4) is 5.69 Å². The monoisotopic (exact) mass is 332 g/mol. The Bertz CT molecular complexity index is 1020. The Morgan fingerprint density at radius 3 is 2.25 bits per heavy atom. The fraction of sp³-hybridized carbons (Fsp3) is 0.0588. The van der Waals surface area contributed by atoms with Gasteiger partial charge in [0.1, 0.15) is 5.82 Å². The third-order valence-electron chi connectivity index (χ3n) is 3.54. The average Bonchev–Trinajstić information content (AvgIpc) is 2.57. The molecule has 0 aliphatic carbocycles. The lowest BCUT2D eigenvalue weighted by Crippen LogP contribution is -2.40. The summed E-state index contributed by atoms with van der Waals surface area (Å²) < 4.78 is 41.9. The molecule has 0 N–H and O–H groups in total. The summed E-state index contributed by atoms with van der Waals surface area (Å²) in [5, 5.41) is 0. The molecule has 0 aliphatic rings. The molecule has 2 aromatic carbocycles. The highest BCUT2D eigenvalue weighted by atomic mass is 19.2. The molecule has 0 radical (unpaired) electrons. The zero-order valence-electron chi connectivity index (χ0n) is 12.2. The second-order valence-electron chi connectivity index (χ2n) is 5.10. The van der Waals surface area contributed by atoms with E-state index in [0.717, 1.165) is 21.3 Å². The first kappa shape index (κ1) is 15.8. The maximum absolute atomic E-state index is 13.7. The van der Waals surface area contributed by atoms with E-state index in [0.29, 0.717) is 0 Å². The zero-order valence-corrected chi connectivity index (χ0v) is 12.2. The highest BCUT2D eigenvalue weighted by Crippen LogP contribution is 2.11. The van der Waals surface area contributed by atoms with E-state index in [1.54, 1.807) is 6.07 Å². The Morgan fingerprint density at radius 2 is 1.54 bits per heavy atom. The quantitative estimate of drug-likeness (QED) is 0.692. The molecule has 1 aromatic heterocycles. The average molecular weight is 332 g/mol. The Morgan fingerprint density at radius 1 is 0.792 bits per heavy atom. The van der Waals surface area contributed by atoms with Crippen LogP contribution >= 0.6 is 0 Å². The predicted octanol–water partition coefficient (Wildman–Crippen LogP) is 2.46. The van der Waals surface area contributed by atoms with E-state index in [4.69, 9.17) is 0 Å². The molecule has 0 aliphatic heterocycles. The molecule has 7 heteroatoms. The molecule has 3 rings (SSSR count). The van der Waals surface area contributed by atoms with Gasteiger partial charge in [0.25, 0.3) is 0 Å². The van der Waals surface area contributed by atoms with E-state index in [2.05, 4.69) is 0 Å². The van der Waals surface area contributed by atoms with Crippen molar-refractivity contribution in [3.63, 3.8) is 0 Å². The van der Waals surface area contributed by atoms with E-state index in [9.17, 15) is 22.8 Å². The Kier molecular flexibility index (Phi) is 4.07. The van der Waals surface area contributed by atoms with E-state index in [1.165, 1.54) is 36.7 Å². The van der Waals surface area contributed by atoms with Gasteiger partial charge < -0.3 is 4.57 Å². The standard InChI is InChI=1S/C17H11F3N2O2/c18-13-4-2-1-3-11(13)10-21-7-8-22(17(24)16(21)23)12-5-6-14(19)15(20)9-12/h1-9H,10H2. The maximum Gasteiger partial charge on any atom is 0.320 e. The number of halogens is 3. The van der Waals surface area contributed by atoms with Crippen LogP contribution in [0.2, 0.25) is 0 Å². The van der Waals surface area contributed by atoms with Crippen LogP contribution in [0.25, 0.3) is 5.69 Å². The second-order valence-corrected chi connectivity index (χ2v) is 5.10. The summed E-state index contributed by atoms with van der Waals surface area (Å²) in [6, 6.07) is 8.75. The molecule has 0 saturated carbocycles. The smallest absolute Gasteiger partial charge is 0.305 e. The summed E-state index contributed by atoms with van der Waals surface area (Å²) >= 11 is 0. The highest BCUT2D eigenvalue weighted by molar-refractivity contribution is 5.32. The van der Waals surface area contributed by atoms with E-state index in [1.807, 2.05) is 0 Å². The van der Waals surface area contributed by atoms with Gasteiger partial charge >= 0.3 is 11.1 Å². The molecule has 0 bridgehead atoms. The van der Waals surface area contributed by atoms with Crippen molar-refractivity contribution in [1.29, 1.82) is 0 Å². The van der Waals surface area contributed by atoms with Gasteiger partial charge in [-0.2, -0.15) is 0 Å². The lowest BCUT2D eigenvalue weighted by atomic mass is 10.2. The van der Waals surface area contributed by atoms with Crippen molar-refractivity contribution in [2.24, 2.45) is 0 Å². The van der Waals surface area contributed by atoms with Gasteiger partial charge in [0, 0.05) is 24.0 Å². The Hall–Kier alpha value is -3.09. The van der Waals surface area contributed by atoms with Gasteiger partial charge in [0.2, 0.25) is 0 Å². The third kappa shape index (κ3) is 2.88. The van der Waals surface area contributed by atoms with Gasteiger partial charge in [-0.1, -0.05) is 18.2 Å². The summed E-state index contributed by atoms with van der Waals surface area (Å²) in [6.07, 6.45) is 2.54. The number of hydrogen-bond acceptors (Lipinski definition) is 2. The molecular formula is C17H11F3N2O2. The van der Waals surface area contributed by atoms with Crippen LogP contribution < -0.4 is 11.1 Å². The van der Waals surface area contributed by atoms with Crippen LogP contribution in [0.3, 0.4) is 0 Å². The molecule has 3 aromatic rings. The molecule has 122 valence electrons. The van der Waals surface area contributed by atoms with Crippen LogP contribution in [0.1, 0.15) is 5.56 Å². The molecule has 0 amide bonds. The highest BCUT2D eigenvalue weighted by Gasteiger charge is 2.10. The van der Waals surface area contributed by atoms with Crippen molar-refractivity contribution in [1.82, 2.24) is 9.13 Å². The van der Waals surface area contributed by atoms with Crippen LogP contribution in [0.4, 0.5) is 13.2 Å². The molecule has 4 nitrogen and oxygen atoms in total. The van der Waals surface area contributed by atoms with E-state index in [-0.39, 0.29) is 17.8 Å². The molecule has 0 fully saturated rings.